The molecule has 2 rings (SSSR count). The van der Waals surface area contributed by atoms with Crippen LogP contribution >= 0.6 is 0 Å². The van der Waals surface area contributed by atoms with Gasteiger partial charge in [0, 0.05) is 19.0 Å². The largest absolute Gasteiger partial charge is 0.492 e. The topological polar surface area (TPSA) is 59.0 Å². The number of fused-ring (bicyclic) bond motifs is 1. The molecule has 0 aromatic heterocycles. The Morgan fingerprint density at radius 1 is 1.56 bits per heavy atom. The molecule has 1 unspecified atom stereocenters. The molecule has 0 spiro atoms. The molecule has 98 valence electrons. The van der Waals surface area contributed by atoms with Gasteiger partial charge in [-0.05, 0) is 25.7 Å². The molecule has 18 heavy (non-hydrogen) atoms. The van der Waals surface area contributed by atoms with Crippen LogP contribution < -0.4 is 9.47 Å². The highest BCUT2D eigenvalue weighted by atomic mass is 16.5. The molecule has 0 bridgehead atoms. The molecule has 1 heterocycles. The summed E-state index contributed by atoms with van der Waals surface area (Å²) < 4.78 is 10.9. The Bertz CT molecular complexity index is 445. The molecule has 1 N–H and O–H groups in total. The van der Waals surface area contributed by atoms with Crippen LogP contribution in [0.1, 0.15) is 5.56 Å². The summed E-state index contributed by atoms with van der Waals surface area (Å²) in [7, 11) is 3.96. The molecule has 1 atom stereocenters. The van der Waals surface area contributed by atoms with Gasteiger partial charge in [-0.15, -0.1) is 0 Å². The van der Waals surface area contributed by atoms with E-state index in [-0.39, 0.29) is 0 Å². The van der Waals surface area contributed by atoms with Crippen molar-refractivity contribution in [2.24, 2.45) is 0 Å². The number of carboxylic acid groups (broad SMARTS) is 1. The van der Waals surface area contributed by atoms with E-state index in [2.05, 4.69) is 0 Å². The van der Waals surface area contributed by atoms with Gasteiger partial charge in [0.05, 0.1) is 0 Å². The van der Waals surface area contributed by atoms with Gasteiger partial charge in [0.2, 0.25) is 0 Å². The summed E-state index contributed by atoms with van der Waals surface area (Å²) in [6.45, 7) is 1.42. The summed E-state index contributed by atoms with van der Waals surface area (Å²) in [4.78, 5) is 12.9. The minimum Gasteiger partial charge on any atom is -0.492 e. The Labute approximate surface area is 106 Å². The zero-order valence-electron chi connectivity index (χ0n) is 10.5. The van der Waals surface area contributed by atoms with Gasteiger partial charge in [0.15, 0.2) is 6.10 Å². The van der Waals surface area contributed by atoms with Crippen LogP contribution in [0.15, 0.2) is 18.2 Å². The van der Waals surface area contributed by atoms with E-state index in [1.165, 1.54) is 0 Å². The summed E-state index contributed by atoms with van der Waals surface area (Å²) >= 11 is 0. The van der Waals surface area contributed by atoms with Gasteiger partial charge in [0.1, 0.15) is 18.1 Å². The Morgan fingerprint density at radius 3 is 3.00 bits per heavy atom. The molecule has 0 saturated heterocycles. The van der Waals surface area contributed by atoms with Crippen LogP contribution in [0.25, 0.3) is 0 Å². The predicted octanol–water partition coefficient (Wildman–Crippen LogP) is 1.02. The monoisotopic (exact) mass is 251 g/mol. The number of hydrogen-bond acceptors (Lipinski definition) is 4. The van der Waals surface area contributed by atoms with Crippen molar-refractivity contribution in [2.75, 3.05) is 27.2 Å². The van der Waals surface area contributed by atoms with Crippen LogP contribution in [-0.4, -0.2) is 49.3 Å². The molecule has 1 aliphatic rings. The van der Waals surface area contributed by atoms with Gasteiger partial charge in [-0.3, -0.25) is 0 Å². The van der Waals surface area contributed by atoms with Gasteiger partial charge >= 0.3 is 5.97 Å². The Morgan fingerprint density at radius 2 is 2.33 bits per heavy atom. The van der Waals surface area contributed by atoms with Gasteiger partial charge in [0.25, 0.3) is 0 Å². The molecule has 0 fully saturated rings. The molecule has 5 heteroatoms. The predicted molar refractivity (Wildman–Crippen MR) is 66.2 cm³/mol. The quantitative estimate of drug-likeness (QED) is 0.846. The van der Waals surface area contributed by atoms with Crippen LogP contribution in [0.2, 0.25) is 0 Å². The lowest BCUT2D eigenvalue weighted by Crippen LogP contribution is -2.24. The first-order valence-electron chi connectivity index (χ1n) is 5.86. The molecule has 1 aromatic carbocycles. The standard InChI is InChI=1S/C13H17NO4/c1-14(2)5-6-17-10-4-3-9-7-12(13(15)16)18-11(9)8-10/h3-4,8,12H,5-7H2,1-2H3,(H,15,16). The van der Waals surface area contributed by atoms with Crippen LogP contribution in [0, 0.1) is 0 Å². The van der Waals surface area contributed by atoms with Crippen molar-refractivity contribution < 1.29 is 19.4 Å². The van der Waals surface area contributed by atoms with E-state index in [0.29, 0.717) is 24.5 Å². The van der Waals surface area contributed by atoms with Crippen LogP contribution in [0.4, 0.5) is 0 Å². The van der Waals surface area contributed by atoms with Crippen molar-refractivity contribution in [1.82, 2.24) is 4.90 Å². The molecule has 1 aromatic rings. The maximum Gasteiger partial charge on any atom is 0.345 e. The first kappa shape index (κ1) is 12.7. The Balaban J connectivity index is 1.97. The Hall–Kier alpha value is -1.75. The number of likely N-dealkylation sites (N-methyl/N-ethyl adjacent to an activating group) is 1. The highest BCUT2D eigenvalue weighted by Crippen LogP contribution is 2.32. The summed E-state index contributed by atoms with van der Waals surface area (Å²) in [5.74, 6) is 0.396. The molecule has 0 radical (unpaired) electrons. The van der Waals surface area contributed by atoms with Crippen molar-refractivity contribution in [3.05, 3.63) is 23.8 Å². The average Bonchev–Trinajstić information content (AvgIpc) is 2.71. The number of aliphatic carboxylic acids is 1. The summed E-state index contributed by atoms with van der Waals surface area (Å²) in [6, 6.07) is 5.47. The Kier molecular flexibility index (Phi) is 3.72. The fourth-order valence-electron chi connectivity index (χ4n) is 1.78. The molecule has 5 nitrogen and oxygen atoms in total. The number of hydrogen-bond donors (Lipinski definition) is 1. The second-order valence-electron chi connectivity index (χ2n) is 4.57. The van der Waals surface area contributed by atoms with Crippen molar-refractivity contribution in [3.63, 3.8) is 0 Å². The number of carboxylic acids is 1. The van der Waals surface area contributed by atoms with Crippen molar-refractivity contribution in [2.45, 2.75) is 12.5 Å². The zero-order valence-corrected chi connectivity index (χ0v) is 10.5. The minimum atomic E-state index is -0.929. The molecule has 0 aliphatic carbocycles. The van der Waals surface area contributed by atoms with Crippen molar-refractivity contribution in [1.29, 1.82) is 0 Å². The molecule has 0 amide bonds. The smallest absolute Gasteiger partial charge is 0.345 e. The number of nitrogens with zero attached hydrogens (tertiary/aromatic N) is 1. The van der Waals surface area contributed by atoms with E-state index < -0.39 is 12.1 Å². The summed E-state index contributed by atoms with van der Waals surface area (Å²) in [5, 5.41) is 8.90. The van der Waals surface area contributed by atoms with E-state index in [1.54, 1.807) is 6.07 Å². The highest BCUT2D eigenvalue weighted by Gasteiger charge is 2.28. The van der Waals surface area contributed by atoms with Crippen molar-refractivity contribution in [3.8, 4) is 11.5 Å². The summed E-state index contributed by atoms with van der Waals surface area (Å²) in [6.07, 6.45) is -0.347. The number of ether oxygens (including phenoxy) is 2. The lowest BCUT2D eigenvalue weighted by atomic mass is 10.1. The number of carbonyl (C=O) groups is 1. The van der Waals surface area contributed by atoms with E-state index in [4.69, 9.17) is 14.6 Å². The normalized spacial score (nSPS) is 17.4. The molecular formula is C13H17NO4. The molecular weight excluding hydrogens is 234 g/mol. The SMILES string of the molecule is CN(C)CCOc1ccc2c(c1)OC(C(=O)O)C2. The first-order valence-corrected chi connectivity index (χ1v) is 5.86. The third-order valence-electron chi connectivity index (χ3n) is 2.80. The van der Waals surface area contributed by atoms with Crippen LogP contribution in [0.3, 0.4) is 0 Å². The molecule has 0 saturated carbocycles. The lowest BCUT2D eigenvalue weighted by molar-refractivity contribution is -0.144. The van der Waals surface area contributed by atoms with E-state index >= 15 is 0 Å². The summed E-state index contributed by atoms with van der Waals surface area (Å²) in [5.41, 5.74) is 0.919. The van der Waals surface area contributed by atoms with Crippen molar-refractivity contribution >= 4 is 5.97 Å². The maximum atomic E-state index is 10.8. The fourth-order valence-corrected chi connectivity index (χ4v) is 1.78. The van der Waals surface area contributed by atoms with E-state index in [9.17, 15) is 4.79 Å². The maximum absolute atomic E-state index is 10.8. The lowest BCUT2D eigenvalue weighted by Gasteiger charge is -2.11. The zero-order chi connectivity index (χ0) is 13.1. The minimum absolute atomic E-state index is 0.419. The second kappa shape index (κ2) is 5.27. The highest BCUT2D eigenvalue weighted by molar-refractivity contribution is 5.74. The third-order valence-corrected chi connectivity index (χ3v) is 2.80. The van der Waals surface area contributed by atoms with E-state index in [0.717, 1.165) is 12.1 Å². The van der Waals surface area contributed by atoms with Gasteiger partial charge < -0.3 is 19.5 Å². The van der Waals surface area contributed by atoms with Crippen LogP contribution in [0.5, 0.6) is 11.5 Å². The molecule has 1 aliphatic heterocycles. The van der Waals surface area contributed by atoms with Crippen LogP contribution in [-0.2, 0) is 11.2 Å². The fraction of sp³-hybridized carbons (Fsp3) is 0.462. The average molecular weight is 251 g/mol. The number of rotatable bonds is 5. The first-order chi connectivity index (χ1) is 8.56. The van der Waals surface area contributed by atoms with Gasteiger partial charge in [-0.2, -0.15) is 0 Å². The third kappa shape index (κ3) is 2.92. The van der Waals surface area contributed by atoms with Gasteiger partial charge in [-0.25, -0.2) is 4.79 Å². The second-order valence-corrected chi connectivity index (χ2v) is 4.57. The number of benzene rings is 1. The van der Waals surface area contributed by atoms with Gasteiger partial charge in [-0.1, -0.05) is 6.07 Å². The van der Waals surface area contributed by atoms with E-state index in [1.807, 2.05) is 31.1 Å².